The topological polar surface area (TPSA) is 72.5 Å². The highest BCUT2D eigenvalue weighted by Gasteiger charge is 2.12. The highest BCUT2D eigenvalue weighted by Crippen LogP contribution is 2.16. The second-order valence-corrected chi connectivity index (χ2v) is 8.87. The number of sulfonamides is 1. The van der Waals surface area contributed by atoms with Crippen molar-refractivity contribution in [2.75, 3.05) is 19.4 Å². The third kappa shape index (κ3) is 6.99. The lowest BCUT2D eigenvalue weighted by molar-refractivity contribution is 0.0600. The van der Waals surface area contributed by atoms with Crippen LogP contribution in [0.15, 0.2) is 48.5 Å². The molecule has 0 aliphatic carbocycles. The van der Waals surface area contributed by atoms with Gasteiger partial charge in [-0.05, 0) is 35.4 Å². The minimum atomic E-state index is -3.43. The van der Waals surface area contributed by atoms with Gasteiger partial charge in [-0.15, -0.1) is 0 Å². The van der Waals surface area contributed by atoms with E-state index in [0.29, 0.717) is 28.4 Å². The molecule has 0 aromatic heterocycles. The molecule has 0 bridgehead atoms. The zero-order chi connectivity index (χ0) is 19.0. The number of hydrogen-bond acceptors (Lipinski definition) is 5. The van der Waals surface area contributed by atoms with Gasteiger partial charge in [0.05, 0.1) is 18.4 Å². The number of methoxy groups -OCH3 is 1. The van der Waals surface area contributed by atoms with Crippen LogP contribution in [0.2, 0.25) is 5.02 Å². The molecule has 0 heterocycles. The van der Waals surface area contributed by atoms with Gasteiger partial charge in [-0.2, -0.15) is 11.8 Å². The standard InChI is InChI=1S/C18H20ClNO4S2/c1-24-18(21)16-7-5-14(6-8-16)13-26(22,23)20-9-10-25-12-15-3-2-4-17(19)11-15/h2-8,11,20H,9-10,12-13H2,1H3. The molecule has 2 aromatic carbocycles. The normalized spacial score (nSPS) is 11.3. The van der Waals surface area contributed by atoms with Crippen LogP contribution in [-0.4, -0.2) is 33.8 Å². The van der Waals surface area contributed by atoms with Crippen LogP contribution in [0.1, 0.15) is 21.5 Å². The van der Waals surface area contributed by atoms with E-state index in [-0.39, 0.29) is 5.75 Å². The lowest BCUT2D eigenvalue weighted by Crippen LogP contribution is -2.27. The first-order valence-corrected chi connectivity index (χ1v) is 11.0. The van der Waals surface area contributed by atoms with Crippen molar-refractivity contribution >= 4 is 39.4 Å². The third-order valence-corrected chi connectivity index (χ3v) is 6.08. The molecule has 0 radical (unpaired) electrons. The van der Waals surface area contributed by atoms with E-state index in [1.54, 1.807) is 36.0 Å². The molecule has 0 saturated carbocycles. The SMILES string of the molecule is COC(=O)c1ccc(CS(=O)(=O)NCCSCc2cccc(Cl)c2)cc1. The quantitative estimate of drug-likeness (QED) is 0.503. The fraction of sp³-hybridized carbons (Fsp3) is 0.278. The number of nitrogens with one attached hydrogen (secondary N) is 1. The van der Waals surface area contributed by atoms with Crippen LogP contribution < -0.4 is 4.72 Å². The summed E-state index contributed by atoms with van der Waals surface area (Å²) in [5.41, 5.74) is 2.10. The zero-order valence-corrected chi connectivity index (χ0v) is 16.7. The fourth-order valence-corrected chi connectivity index (χ4v) is 4.51. The van der Waals surface area contributed by atoms with Gasteiger partial charge in [-0.1, -0.05) is 35.9 Å². The summed E-state index contributed by atoms with van der Waals surface area (Å²) in [6.45, 7) is 0.355. The van der Waals surface area contributed by atoms with E-state index in [0.717, 1.165) is 11.3 Å². The zero-order valence-electron chi connectivity index (χ0n) is 14.3. The van der Waals surface area contributed by atoms with E-state index in [1.165, 1.54) is 7.11 Å². The Labute approximate surface area is 163 Å². The Kier molecular flexibility index (Phi) is 7.96. The predicted molar refractivity (Wildman–Crippen MR) is 106 cm³/mol. The first-order chi connectivity index (χ1) is 12.4. The van der Waals surface area contributed by atoms with Gasteiger partial charge in [0.25, 0.3) is 0 Å². The molecule has 26 heavy (non-hydrogen) atoms. The Morgan fingerprint density at radius 3 is 2.54 bits per heavy atom. The molecule has 0 aliphatic heterocycles. The van der Waals surface area contributed by atoms with E-state index in [1.807, 2.05) is 24.3 Å². The van der Waals surface area contributed by atoms with E-state index < -0.39 is 16.0 Å². The van der Waals surface area contributed by atoms with Gasteiger partial charge in [0, 0.05) is 23.1 Å². The van der Waals surface area contributed by atoms with Gasteiger partial charge in [-0.3, -0.25) is 0 Å². The molecule has 2 aromatic rings. The number of carbonyl (C=O) groups excluding carboxylic acids is 1. The highest BCUT2D eigenvalue weighted by atomic mass is 35.5. The van der Waals surface area contributed by atoms with E-state index in [2.05, 4.69) is 9.46 Å². The summed E-state index contributed by atoms with van der Waals surface area (Å²) in [6.07, 6.45) is 0. The van der Waals surface area contributed by atoms with Crippen molar-refractivity contribution in [2.24, 2.45) is 0 Å². The largest absolute Gasteiger partial charge is 0.465 e. The van der Waals surface area contributed by atoms with Crippen LogP contribution in [0.25, 0.3) is 0 Å². The number of carbonyl (C=O) groups is 1. The van der Waals surface area contributed by atoms with Crippen molar-refractivity contribution in [1.29, 1.82) is 0 Å². The molecule has 0 spiro atoms. The minimum Gasteiger partial charge on any atom is -0.465 e. The van der Waals surface area contributed by atoms with Crippen molar-refractivity contribution in [3.8, 4) is 0 Å². The maximum absolute atomic E-state index is 12.1. The molecule has 0 aliphatic rings. The van der Waals surface area contributed by atoms with Crippen LogP contribution in [0.5, 0.6) is 0 Å². The van der Waals surface area contributed by atoms with Gasteiger partial charge in [0.15, 0.2) is 0 Å². The summed E-state index contributed by atoms with van der Waals surface area (Å²) < 4.78 is 31.4. The first-order valence-electron chi connectivity index (χ1n) is 7.86. The summed E-state index contributed by atoms with van der Waals surface area (Å²) in [6, 6.07) is 13.9. The average molecular weight is 414 g/mol. The fourth-order valence-electron chi connectivity index (χ4n) is 2.21. The van der Waals surface area contributed by atoms with Gasteiger partial charge < -0.3 is 4.74 Å². The lowest BCUT2D eigenvalue weighted by Gasteiger charge is -2.08. The van der Waals surface area contributed by atoms with Crippen molar-refractivity contribution in [2.45, 2.75) is 11.5 Å². The van der Waals surface area contributed by atoms with Crippen molar-refractivity contribution in [1.82, 2.24) is 4.72 Å². The number of benzene rings is 2. The Morgan fingerprint density at radius 1 is 1.15 bits per heavy atom. The van der Waals surface area contributed by atoms with Crippen molar-refractivity contribution in [3.63, 3.8) is 0 Å². The number of esters is 1. The van der Waals surface area contributed by atoms with Crippen LogP contribution in [0.3, 0.4) is 0 Å². The van der Waals surface area contributed by atoms with Crippen molar-refractivity contribution in [3.05, 3.63) is 70.2 Å². The smallest absolute Gasteiger partial charge is 0.337 e. The Balaban J connectivity index is 1.75. The van der Waals surface area contributed by atoms with Crippen LogP contribution in [0.4, 0.5) is 0 Å². The second kappa shape index (κ2) is 9.97. The molecular formula is C18H20ClNO4S2. The van der Waals surface area contributed by atoms with Crippen molar-refractivity contribution < 1.29 is 17.9 Å². The van der Waals surface area contributed by atoms with Gasteiger partial charge >= 0.3 is 5.97 Å². The van der Waals surface area contributed by atoms with Gasteiger partial charge in [0.2, 0.25) is 10.0 Å². The molecule has 0 amide bonds. The third-order valence-electron chi connectivity index (χ3n) is 3.46. The Morgan fingerprint density at radius 2 is 1.88 bits per heavy atom. The van der Waals surface area contributed by atoms with E-state index >= 15 is 0 Å². The predicted octanol–water partition coefficient (Wildman–Crippen LogP) is 3.48. The molecular weight excluding hydrogens is 394 g/mol. The van der Waals surface area contributed by atoms with Crippen LogP contribution in [-0.2, 0) is 26.3 Å². The summed E-state index contributed by atoms with van der Waals surface area (Å²) >= 11 is 7.56. The highest BCUT2D eigenvalue weighted by molar-refractivity contribution is 7.98. The second-order valence-electron chi connectivity index (χ2n) is 5.52. The lowest BCUT2D eigenvalue weighted by atomic mass is 10.1. The molecule has 8 heteroatoms. The molecule has 0 saturated heterocycles. The Hall–Kier alpha value is -1.54. The summed E-state index contributed by atoms with van der Waals surface area (Å²) in [4.78, 5) is 11.4. The number of rotatable bonds is 9. The number of thioether (sulfide) groups is 1. The summed E-state index contributed by atoms with van der Waals surface area (Å²) in [5, 5.41) is 0.696. The van der Waals surface area contributed by atoms with Crippen LogP contribution >= 0.6 is 23.4 Å². The maximum Gasteiger partial charge on any atom is 0.337 e. The Bertz CT molecular complexity index is 839. The average Bonchev–Trinajstić information content (AvgIpc) is 2.61. The number of halogens is 1. The maximum atomic E-state index is 12.1. The molecule has 5 nitrogen and oxygen atoms in total. The number of ether oxygens (including phenoxy) is 1. The van der Waals surface area contributed by atoms with Gasteiger partial charge in [-0.25, -0.2) is 17.9 Å². The first kappa shape index (κ1) is 20.8. The van der Waals surface area contributed by atoms with Crippen LogP contribution in [0, 0.1) is 0 Å². The molecule has 0 atom stereocenters. The molecule has 140 valence electrons. The monoisotopic (exact) mass is 413 g/mol. The van der Waals surface area contributed by atoms with E-state index in [9.17, 15) is 13.2 Å². The molecule has 0 unspecified atom stereocenters. The molecule has 1 N–H and O–H groups in total. The summed E-state index contributed by atoms with van der Waals surface area (Å²) in [7, 11) is -2.13. The number of hydrogen-bond donors (Lipinski definition) is 1. The minimum absolute atomic E-state index is 0.132. The summed E-state index contributed by atoms with van der Waals surface area (Å²) in [5.74, 6) is 0.854. The molecule has 0 fully saturated rings. The van der Waals surface area contributed by atoms with Gasteiger partial charge in [0.1, 0.15) is 0 Å². The van der Waals surface area contributed by atoms with E-state index in [4.69, 9.17) is 11.6 Å². The molecule has 2 rings (SSSR count).